The van der Waals surface area contributed by atoms with E-state index in [9.17, 15) is 9.59 Å². The summed E-state index contributed by atoms with van der Waals surface area (Å²) in [4.78, 5) is 33.0. The number of carbonyl (C=O) groups is 2. The lowest BCUT2D eigenvalue weighted by atomic mass is 9.99. The van der Waals surface area contributed by atoms with Crippen molar-refractivity contribution in [2.24, 2.45) is 5.92 Å². The van der Waals surface area contributed by atoms with E-state index in [0.29, 0.717) is 11.4 Å². The van der Waals surface area contributed by atoms with Crippen LogP contribution in [0.4, 0.5) is 5.69 Å². The Morgan fingerprint density at radius 2 is 1.88 bits per heavy atom. The number of Topliss-reactive ketones (excluding diaryl/α,β-unsaturated/α-hetero) is 1. The molecule has 2 aromatic rings. The fraction of sp³-hybridized carbons (Fsp3) is 0.222. The van der Waals surface area contributed by atoms with Crippen LogP contribution in [0.2, 0.25) is 0 Å². The largest absolute Gasteiger partial charge is 0.467 e. The molecule has 0 aliphatic heterocycles. The highest BCUT2D eigenvalue weighted by Gasteiger charge is 2.21. The van der Waals surface area contributed by atoms with Crippen LogP contribution < -0.4 is 10.1 Å². The van der Waals surface area contributed by atoms with E-state index < -0.39 is 5.91 Å². The van der Waals surface area contributed by atoms with E-state index >= 15 is 0 Å². The van der Waals surface area contributed by atoms with Gasteiger partial charge in [0.05, 0.1) is 18.4 Å². The lowest BCUT2D eigenvalue weighted by molar-refractivity contribution is -0.121. The Balaban J connectivity index is 2.35. The number of methoxy groups -OCH3 is 1. The monoisotopic (exact) mass is 325 g/mol. The van der Waals surface area contributed by atoms with Crippen molar-refractivity contribution in [2.75, 3.05) is 12.4 Å². The molecule has 2 rings (SSSR count). The molecule has 0 spiro atoms. The minimum atomic E-state index is -0.475. The molecular formula is C18H19N3O3. The molecule has 0 saturated carbocycles. The third-order valence-electron chi connectivity index (χ3n) is 3.20. The molecule has 1 heterocycles. The number of nitrogens with one attached hydrogen (secondary N) is 1. The van der Waals surface area contributed by atoms with Crippen LogP contribution in [0, 0.1) is 5.92 Å². The van der Waals surface area contributed by atoms with E-state index in [1.54, 1.807) is 44.2 Å². The summed E-state index contributed by atoms with van der Waals surface area (Å²) in [6, 6.07) is 10.7. The molecule has 0 bridgehead atoms. The lowest BCUT2D eigenvalue weighted by Gasteiger charge is -2.10. The van der Waals surface area contributed by atoms with Crippen molar-refractivity contribution in [3.05, 3.63) is 53.9 Å². The van der Waals surface area contributed by atoms with Crippen LogP contribution in [0.5, 0.6) is 6.01 Å². The molecule has 6 heteroatoms. The fourth-order valence-corrected chi connectivity index (χ4v) is 1.96. The van der Waals surface area contributed by atoms with Gasteiger partial charge in [0.15, 0.2) is 5.78 Å². The van der Waals surface area contributed by atoms with Crippen LogP contribution in [0.25, 0.3) is 6.08 Å². The van der Waals surface area contributed by atoms with E-state index in [4.69, 9.17) is 4.74 Å². The summed E-state index contributed by atoms with van der Waals surface area (Å²) < 4.78 is 4.96. The van der Waals surface area contributed by atoms with Gasteiger partial charge in [0.25, 0.3) is 5.91 Å². The van der Waals surface area contributed by atoms with Crippen molar-refractivity contribution >= 4 is 23.5 Å². The van der Waals surface area contributed by atoms with E-state index in [-0.39, 0.29) is 23.3 Å². The predicted octanol–water partition coefficient (Wildman–Crippen LogP) is 2.73. The Kier molecular flexibility index (Phi) is 5.78. The van der Waals surface area contributed by atoms with Crippen molar-refractivity contribution in [3.8, 4) is 6.01 Å². The van der Waals surface area contributed by atoms with Gasteiger partial charge in [-0.15, -0.1) is 0 Å². The number of hydrogen-bond acceptors (Lipinski definition) is 5. The summed E-state index contributed by atoms with van der Waals surface area (Å²) in [5.74, 6) is -1.06. The Hall–Kier alpha value is -3.02. The minimum Gasteiger partial charge on any atom is -0.467 e. The molecule has 0 aliphatic rings. The Morgan fingerprint density at radius 1 is 1.17 bits per heavy atom. The number of ether oxygens (including phenoxy) is 1. The maximum Gasteiger partial charge on any atom is 0.316 e. The highest BCUT2D eigenvalue weighted by atomic mass is 16.5. The van der Waals surface area contributed by atoms with Crippen LogP contribution >= 0.6 is 0 Å². The molecule has 6 nitrogen and oxygen atoms in total. The minimum absolute atomic E-state index is 0.0367. The Morgan fingerprint density at radius 3 is 2.50 bits per heavy atom. The van der Waals surface area contributed by atoms with Crippen LogP contribution in [0.15, 0.2) is 48.2 Å². The predicted molar refractivity (Wildman–Crippen MR) is 91.5 cm³/mol. The number of amides is 1. The second-order valence-electron chi connectivity index (χ2n) is 5.37. The number of anilines is 1. The number of hydrogen-bond donors (Lipinski definition) is 1. The number of rotatable bonds is 6. The first-order valence-electron chi connectivity index (χ1n) is 7.50. The maximum atomic E-state index is 12.5. The molecule has 1 aromatic heterocycles. The summed E-state index contributed by atoms with van der Waals surface area (Å²) in [6.45, 7) is 3.49. The quantitative estimate of drug-likeness (QED) is 0.502. The molecule has 124 valence electrons. The second-order valence-corrected chi connectivity index (χ2v) is 5.37. The molecule has 1 aromatic carbocycles. The fourth-order valence-electron chi connectivity index (χ4n) is 1.96. The standard InChI is InChI=1S/C18H19N3O3/c1-12(2)16(22)15(11-14-9-10-19-18(21-14)24-3)17(23)20-13-7-5-4-6-8-13/h4-12H,1-3H3,(H,20,23)/b15-11+. The molecule has 0 aliphatic carbocycles. The number of para-hydroxylation sites is 1. The van der Waals surface area contributed by atoms with Gasteiger partial charge in [0.1, 0.15) is 0 Å². The van der Waals surface area contributed by atoms with Gasteiger partial charge in [0.2, 0.25) is 0 Å². The van der Waals surface area contributed by atoms with Crippen molar-refractivity contribution in [1.82, 2.24) is 9.97 Å². The molecule has 0 unspecified atom stereocenters. The summed E-state index contributed by atoms with van der Waals surface area (Å²) in [5.41, 5.74) is 1.08. The Labute approximate surface area is 140 Å². The highest BCUT2D eigenvalue weighted by molar-refractivity contribution is 6.26. The summed E-state index contributed by atoms with van der Waals surface area (Å²) in [5, 5.41) is 2.72. The van der Waals surface area contributed by atoms with Crippen LogP contribution in [-0.4, -0.2) is 28.8 Å². The molecule has 1 amide bonds. The summed E-state index contributed by atoms with van der Waals surface area (Å²) in [7, 11) is 1.45. The lowest BCUT2D eigenvalue weighted by Crippen LogP contribution is -2.23. The molecule has 0 saturated heterocycles. The first kappa shape index (κ1) is 17.3. The molecular weight excluding hydrogens is 306 g/mol. The number of benzene rings is 1. The zero-order valence-electron chi connectivity index (χ0n) is 13.8. The van der Waals surface area contributed by atoms with E-state index in [2.05, 4.69) is 15.3 Å². The van der Waals surface area contributed by atoms with Crippen LogP contribution in [0.1, 0.15) is 19.5 Å². The Bertz CT molecular complexity index is 755. The molecule has 24 heavy (non-hydrogen) atoms. The first-order chi connectivity index (χ1) is 11.5. The van der Waals surface area contributed by atoms with E-state index in [0.717, 1.165) is 0 Å². The van der Waals surface area contributed by atoms with Gasteiger partial charge in [-0.3, -0.25) is 9.59 Å². The van der Waals surface area contributed by atoms with Crippen LogP contribution in [-0.2, 0) is 9.59 Å². The molecule has 0 atom stereocenters. The van der Waals surface area contributed by atoms with Crippen molar-refractivity contribution in [2.45, 2.75) is 13.8 Å². The van der Waals surface area contributed by atoms with Gasteiger partial charge in [0, 0.05) is 17.8 Å². The van der Waals surface area contributed by atoms with E-state index in [1.807, 2.05) is 6.07 Å². The third-order valence-corrected chi connectivity index (χ3v) is 3.20. The van der Waals surface area contributed by atoms with Crippen molar-refractivity contribution < 1.29 is 14.3 Å². The number of nitrogens with zero attached hydrogens (tertiary/aromatic N) is 2. The van der Waals surface area contributed by atoms with Gasteiger partial charge in [-0.2, -0.15) is 4.98 Å². The van der Waals surface area contributed by atoms with Crippen LogP contribution in [0.3, 0.4) is 0 Å². The SMILES string of the molecule is COc1nccc(/C=C(/C(=O)Nc2ccccc2)C(=O)C(C)C)n1. The smallest absolute Gasteiger partial charge is 0.316 e. The van der Waals surface area contributed by atoms with Gasteiger partial charge in [-0.05, 0) is 24.3 Å². The normalized spacial score (nSPS) is 11.2. The highest BCUT2D eigenvalue weighted by Crippen LogP contribution is 2.15. The third kappa shape index (κ3) is 4.49. The van der Waals surface area contributed by atoms with Gasteiger partial charge < -0.3 is 10.1 Å². The topological polar surface area (TPSA) is 81.2 Å². The summed E-state index contributed by atoms with van der Waals surface area (Å²) >= 11 is 0. The van der Waals surface area contributed by atoms with Gasteiger partial charge in [-0.1, -0.05) is 32.0 Å². The first-order valence-corrected chi connectivity index (χ1v) is 7.50. The van der Waals surface area contributed by atoms with Crippen molar-refractivity contribution in [1.29, 1.82) is 0 Å². The zero-order valence-corrected chi connectivity index (χ0v) is 13.8. The molecule has 1 N–H and O–H groups in total. The zero-order chi connectivity index (χ0) is 17.5. The number of carbonyl (C=O) groups excluding carboxylic acids is 2. The van der Waals surface area contributed by atoms with Crippen molar-refractivity contribution in [3.63, 3.8) is 0 Å². The second kappa shape index (κ2) is 8.01. The average molecular weight is 325 g/mol. The van der Waals surface area contributed by atoms with Gasteiger partial charge in [-0.25, -0.2) is 4.98 Å². The molecule has 0 fully saturated rings. The van der Waals surface area contributed by atoms with E-state index in [1.165, 1.54) is 19.4 Å². The molecule has 0 radical (unpaired) electrons. The summed E-state index contributed by atoms with van der Waals surface area (Å²) in [6.07, 6.45) is 2.95. The maximum absolute atomic E-state index is 12.5. The average Bonchev–Trinajstić information content (AvgIpc) is 2.60. The number of ketones is 1. The van der Waals surface area contributed by atoms with Gasteiger partial charge >= 0.3 is 6.01 Å². The number of aromatic nitrogens is 2.